The average molecular weight is 398 g/mol. The number of nitrogens with zero attached hydrogens (tertiary/aromatic N) is 3. The lowest BCUT2D eigenvalue weighted by molar-refractivity contribution is -0.131. The largest absolute Gasteiger partial charge is 0.332 e. The normalized spacial score (nSPS) is 19.6. The number of aromatic nitrogens is 2. The minimum Gasteiger partial charge on any atom is -0.332 e. The van der Waals surface area contributed by atoms with Crippen LogP contribution in [0.15, 0.2) is 29.1 Å². The van der Waals surface area contributed by atoms with E-state index in [2.05, 4.69) is 23.7 Å². The fourth-order valence-electron chi connectivity index (χ4n) is 4.29. The lowest BCUT2D eigenvalue weighted by Gasteiger charge is -2.31. The van der Waals surface area contributed by atoms with E-state index >= 15 is 0 Å². The summed E-state index contributed by atoms with van der Waals surface area (Å²) in [6.07, 6.45) is 2.63. The Kier molecular flexibility index (Phi) is 5.50. The standard InChI is InChI=1S/C22H27FN4O2/c1-14(2)26-11-9-18-17(13-26)22(29)25-21(24-18)19-4-3-10-27(19)20(28)12-15-5-7-16(23)8-6-15/h5-8,14,19H,3-4,9-13H2,1-2H3,(H,24,25,29)/t19-/m0/s1. The summed E-state index contributed by atoms with van der Waals surface area (Å²) in [6.45, 7) is 6.41. The van der Waals surface area contributed by atoms with E-state index < -0.39 is 0 Å². The fourth-order valence-corrected chi connectivity index (χ4v) is 4.29. The van der Waals surface area contributed by atoms with Crippen LogP contribution in [0.4, 0.5) is 4.39 Å². The molecule has 0 unspecified atom stereocenters. The number of carbonyl (C=O) groups is 1. The van der Waals surface area contributed by atoms with Gasteiger partial charge in [0.15, 0.2) is 0 Å². The number of nitrogens with one attached hydrogen (secondary N) is 1. The van der Waals surface area contributed by atoms with E-state index in [0.29, 0.717) is 25.0 Å². The molecular weight excluding hydrogens is 371 g/mol. The molecule has 6 nitrogen and oxygen atoms in total. The van der Waals surface area contributed by atoms with Gasteiger partial charge in [0, 0.05) is 32.1 Å². The molecule has 0 saturated carbocycles. The van der Waals surface area contributed by atoms with E-state index in [9.17, 15) is 14.0 Å². The smallest absolute Gasteiger partial charge is 0.255 e. The predicted molar refractivity (Wildman–Crippen MR) is 108 cm³/mol. The molecule has 4 rings (SSSR count). The molecule has 1 aromatic carbocycles. The molecule has 2 aliphatic heterocycles. The molecule has 0 bridgehead atoms. The number of carbonyl (C=O) groups excluding carboxylic acids is 1. The van der Waals surface area contributed by atoms with Gasteiger partial charge >= 0.3 is 0 Å². The molecule has 1 fully saturated rings. The Morgan fingerprint density at radius 3 is 2.76 bits per heavy atom. The molecular formula is C22H27FN4O2. The quantitative estimate of drug-likeness (QED) is 0.860. The van der Waals surface area contributed by atoms with Crippen LogP contribution in [0.5, 0.6) is 0 Å². The first-order valence-electron chi connectivity index (χ1n) is 10.3. The summed E-state index contributed by atoms with van der Waals surface area (Å²) >= 11 is 0. The van der Waals surface area contributed by atoms with Crippen LogP contribution >= 0.6 is 0 Å². The van der Waals surface area contributed by atoms with Crippen LogP contribution in [0, 0.1) is 5.82 Å². The molecule has 1 atom stereocenters. The molecule has 0 aliphatic carbocycles. The molecule has 1 amide bonds. The highest BCUT2D eigenvalue weighted by Gasteiger charge is 2.33. The number of H-pyrrole nitrogens is 1. The Labute approximate surface area is 169 Å². The van der Waals surface area contributed by atoms with Crippen molar-refractivity contribution in [3.8, 4) is 0 Å². The highest BCUT2D eigenvalue weighted by Crippen LogP contribution is 2.31. The van der Waals surface area contributed by atoms with Crippen LogP contribution in [0.3, 0.4) is 0 Å². The minimum atomic E-state index is -0.313. The van der Waals surface area contributed by atoms with Crippen molar-refractivity contribution in [3.63, 3.8) is 0 Å². The summed E-state index contributed by atoms with van der Waals surface area (Å²) < 4.78 is 13.1. The first-order chi connectivity index (χ1) is 13.9. The lowest BCUT2D eigenvalue weighted by atomic mass is 10.0. The van der Waals surface area contributed by atoms with Gasteiger partial charge in [0.1, 0.15) is 11.6 Å². The van der Waals surface area contributed by atoms with Crippen LogP contribution in [-0.4, -0.2) is 44.8 Å². The molecule has 2 aliphatic rings. The highest BCUT2D eigenvalue weighted by molar-refractivity contribution is 5.79. The van der Waals surface area contributed by atoms with Crippen LogP contribution in [-0.2, 0) is 24.2 Å². The molecule has 0 spiro atoms. The third-order valence-electron chi connectivity index (χ3n) is 6.00. The molecule has 2 aromatic rings. The highest BCUT2D eigenvalue weighted by atomic mass is 19.1. The summed E-state index contributed by atoms with van der Waals surface area (Å²) in [5.74, 6) is 0.259. The van der Waals surface area contributed by atoms with Gasteiger partial charge in [-0.3, -0.25) is 14.5 Å². The number of hydrogen-bond acceptors (Lipinski definition) is 4. The first-order valence-corrected chi connectivity index (χ1v) is 10.3. The van der Waals surface area contributed by atoms with Crippen molar-refractivity contribution in [1.82, 2.24) is 19.8 Å². The fraction of sp³-hybridized carbons (Fsp3) is 0.500. The van der Waals surface area contributed by atoms with Gasteiger partial charge in [-0.1, -0.05) is 12.1 Å². The van der Waals surface area contributed by atoms with Gasteiger partial charge in [-0.05, 0) is 44.4 Å². The Morgan fingerprint density at radius 1 is 1.28 bits per heavy atom. The first kappa shape index (κ1) is 19.8. The Morgan fingerprint density at radius 2 is 2.03 bits per heavy atom. The van der Waals surface area contributed by atoms with Crippen LogP contribution in [0.2, 0.25) is 0 Å². The number of likely N-dealkylation sites (tertiary alicyclic amines) is 1. The monoisotopic (exact) mass is 398 g/mol. The van der Waals surface area contributed by atoms with Gasteiger partial charge in [-0.15, -0.1) is 0 Å². The van der Waals surface area contributed by atoms with Gasteiger partial charge < -0.3 is 9.88 Å². The second-order valence-corrected chi connectivity index (χ2v) is 8.24. The lowest BCUT2D eigenvalue weighted by Crippen LogP contribution is -2.40. The molecule has 7 heteroatoms. The Bertz CT molecular complexity index is 954. The van der Waals surface area contributed by atoms with Crippen molar-refractivity contribution in [2.24, 2.45) is 0 Å². The summed E-state index contributed by atoms with van der Waals surface area (Å²) in [6, 6.07) is 6.19. The zero-order valence-electron chi connectivity index (χ0n) is 16.9. The SMILES string of the molecule is CC(C)N1CCc2nc([C@@H]3CCCN3C(=O)Cc3ccc(F)cc3)[nH]c(=O)c2C1. The van der Waals surface area contributed by atoms with E-state index in [1.165, 1.54) is 12.1 Å². The van der Waals surface area contributed by atoms with Crippen molar-refractivity contribution in [2.75, 3.05) is 13.1 Å². The maximum atomic E-state index is 13.1. The number of halogens is 1. The molecule has 3 heterocycles. The van der Waals surface area contributed by atoms with Crippen LogP contribution in [0.1, 0.15) is 55.4 Å². The second-order valence-electron chi connectivity index (χ2n) is 8.24. The number of hydrogen-bond donors (Lipinski definition) is 1. The average Bonchev–Trinajstić information content (AvgIpc) is 3.19. The summed E-state index contributed by atoms with van der Waals surface area (Å²) in [7, 11) is 0. The maximum Gasteiger partial charge on any atom is 0.255 e. The summed E-state index contributed by atoms with van der Waals surface area (Å²) in [5.41, 5.74) is 2.30. The van der Waals surface area contributed by atoms with E-state index in [1.807, 2.05) is 0 Å². The molecule has 154 valence electrons. The maximum absolute atomic E-state index is 13.1. The molecule has 1 saturated heterocycles. The summed E-state index contributed by atoms with van der Waals surface area (Å²) in [4.78, 5) is 37.4. The van der Waals surface area contributed by atoms with Crippen LogP contribution in [0.25, 0.3) is 0 Å². The van der Waals surface area contributed by atoms with E-state index in [1.54, 1.807) is 17.0 Å². The molecule has 1 aromatic heterocycles. The topological polar surface area (TPSA) is 69.3 Å². The number of benzene rings is 1. The zero-order chi connectivity index (χ0) is 20.5. The van der Waals surface area contributed by atoms with Gasteiger partial charge in [-0.25, -0.2) is 9.37 Å². The van der Waals surface area contributed by atoms with Crippen molar-refractivity contribution >= 4 is 5.91 Å². The Hall–Kier alpha value is -2.54. The van der Waals surface area contributed by atoms with Gasteiger partial charge in [0.05, 0.1) is 23.7 Å². The zero-order valence-corrected chi connectivity index (χ0v) is 16.9. The van der Waals surface area contributed by atoms with E-state index in [-0.39, 0.29) is 29.7 Å². The minimum absolute atomic E-state index is 0.0227. The van der Waals surface area contributed by atoms with Gasteiger partial charge in [0.2, 0.25) is 5.91 Å². The number of rotatable bonds is 4. The van der Waals surface area contributed by atoms with E-state index in [4.69, 9.17) is 4.98 Å². The second kappa shape index (κ2) is 8.06. The molecule has 0 radical (unpaired) electrons. The van der Waals surface area contributed by atoms with Crippen molar-refractivity contribution < 1.29 is 9.18 Å². The van der Waals surface area contributed by atoms with Gasteiger partial charge in [-0.2, -0.15) is 0 Å². The van der Waals surface area contributed by atoms with E-state index in [0.717, 1.165) is 42.6 Å². The number of amides is 1. The third-order valence-corrected chi connectivity index (χ3v) is 6.00. The van der Waals surface area contributed by atoms with Crippen molar-refractivity contribution in [3.05, 3.63) is 63.1 Å². The number of fused-ring (bicyclic) bond motifs is 1. The van der Waals surface area contributed by atoms with Crippen LogP contribution < -0.4 is 5.56 Å². The van der Waals surface area contributed by atoms with Crippen molar-refractivity contribution in [1.29, 1.82) is 0 Å². The predicted octanol–water partition coefficient (Wildman–Crippen LogP) is 2.58. The molecule has 29 heavy (non-hydrogen) atoms. The van der Waals surface area contributed by atoms with Gasteiger partial charge in [0.25, 0.3) is 5.56 Å². The number of aromatic amines is 1. The Balaban J connectivity index is 1.54. The molecule has 1 N–H and O–H groups in total. The third kappa shape index (κ3) is 4.10. The van der Waals surface area contributed by atoms with Crippen molar-refractivity contribution in [2.45, 2.75) is 58.2 Å². The summed E-state index contributed by atoms with van der Waals surface area (Å²) in [5, 5.41) is 0.